The molecule has 9 heteroatoms. The molecule has 0 spiro atoms. The summed E-state index contributed by atoms with van der Waals surface area (Å²) in [5.41, 5.74) is 2.46. The molecule has 1 aromatic heterocycles. The molecule has 5 rings (SSSR count). The van der Waals surface area contributed by atoms with Crippen molar-refractivity contribution in [1.82, 2.24) is 4.98 Å². The zero-order valence-electron chi connectivity index (χ0n) is 19.0. The number of halogens is 4. The molecule has 0 radical (unpaired) electrons. The Hall–Kier alpha value is -3.30. The van der Waals surface area contributed by atoms with Crippen molar-refractivity contribution in [3.8, 4) is 11.5 Å². The van der Waals surface area contributed by atoms with Crippen molar-refractivity contribution in [2.75, 3.05) is 5.06 Å². The number of hydrogen-bond donors (Lipinski definition) is 1. The van der Waals surface area contributed by atoms with Crippen LogP contribution in [0.4, 0.5) is 19.0 Å². The molecular weight excluding hydrogens is 537 g/mol. The van der Waals surface area contributed by atoms with E-state index in [0.717, 1.165) is 33.7 Å². The van der Waals surface area contributed by atoms with Crippen LogP contribution in [-0.2, 0) is 13.2 Å². The first-order chi connectivity index (χ1) is 17.3. The van der Waals surface area contributed by atoms with Gasteiger partial charge in [-0.05, 0) is 65.6 Å². The van der Waals surface area contributed by atoms with Crippen LogP contribution in [0, 0.1) is 0 Å². The highest BCUT2D eigenvalue weighted by Gasteiger charge is 2.32. The first-order valence-corrected chi connectivity index (χ1v) is 12.2. The SMILES string of the molecule is OCc1cc(ON(Cc2ccc(OC(F)(F)F)cc2)c2ncc3ccccc3c2C2CC2)ccc1Br. The Balaban J connectivity index is 1.53. The number of pyridine rings is 1. The van der Waals surface area contributed by atoms with Crippen LogP contribution in [0.25, 0.3) is 10.8 Å². The summed E-state index contributed by atoms with van der Waals surface area (Å²) in [6, 6.07) is 19.0. The highest BCUT2D eigenvalue weighted by atomic mass is 79.9. The van der Waals surface area contributed by atoms with Gasteiger partial charge in [-0.1, -0.05) is 52.3 Å². The van der Waals surface area contributed by atoms with Gasteiger partial charge in [0.05, 0.1) is 13.2 Å². The van der Waals surface area contributed by atoms with Crippen molar-refractivity contribution in [2.45, 2.75) is 38.3 Å². The van der Waals surface area contributed by atoms with Crippen molar-refractivity contribution in [3.05, 3.63) is 94.1 Å². The highest BCUT2D eigenvalue weighted by molar-refractivity contribution is 9.10. The van der Waals surface area contributed by atoms with E-state index in [1.807, 2.05) is 18.2 Å². The molecule has 1 aliphatic rings. The van der Waals surface area contributed by atoms with Gasteiger partial charge in [0.1, 0.15) is 5.75 Å². The van der Waals surface area contributed by atoms with Gasteiger partial charge in [0.2, 0.25) is 0 Å². The first-order valence-electron chi connectivity index (χ1n) is 11.4. The molecule has 186 valence electrons. The van der Waals surface area contributed by atoms with Crippen molar-refractivity contribution < 1.29 is 27.9 Å². The number of fused-ring (bicyclic) bond motifs is 1. The van der Waals surface area contributed by atoms with Crippen molar-refractivity contribution in [3.63, 3.8) is 0 Å². The molecule has 0 amide bonds. The van der Waals surface area contributed by atoms with Crippen LogP contribution < -0.4 is 14.6 Å². The van der Waals surface area contributed by atoms with Crippen LogP contribution in [0.5, 0.6) is 11.5 Å². The van der Waals surface area contributed by atoms with E-state index in [4.69, 9.17) is 9.82 Å². The van der Waals surface area contributed by atoms with E-state index in [9.17, 15) is 18.3 Å². The fraction of sp³-hybridized carbons (Fsp3) is 0.222. The van der Waals surface area contributed by atoms with Gasteiger partial charge in [-0.15, -0.1) is 13.2 Å². The second-order valence-electron chi connectivity index (χ2n) is 8.59. The van der Waals surface area contributed by atoms with E-state index in [0.29, 0.717) is 28.6 Å². The van der Waals surface area contributed by atoms with Crippen LogP contribution >= 0.6 is 15.9 Å². The summed E-state index contributed by atoms with van der Waals surface area (Å²) in [5.74, 6) is 1.21. The Morgan fingerprint density at radius 2 is 1.72 bits per heavy atom. The maximum absolute atomic E-state index is 12.6. The molecule has 0 bridgehead atoms. The van der Waals surface area contributed by atoms with E-state index in [1.165, 1.54) is 12.1 Å². The lowest BCUT2D eigenvalue weighted by Gasteiger charge is -2.27. The van der Waals surface area contributed by atoms with Gasteiger partial charge in [-0.25, -0.2) is 4.98 Å². The van der Waals surface area contributed by atoms with Crippen molar-refractivity contribution >= 4 is 32.5 Å². The molecule has 36 heavy (non-hydrogen) atoms. The molecule has 3 aromatic carbocycles. The number of aliphatic hydroxyl groups is 1. The van der Waals surface area contributed by atoms with Crippen molar-refractivity contribution in [1.29, 1.82) is 0 Å². The second kappa shape index (κ2) is 9.99. The lowest BCUT2D eigenvalue weighted by molar-refractivity contribution is -0.274. The summed E-state index contributed by atoms with van der Waals surface area (Å²) < 4.78 is 42.5. The Labute approximate surface area is 214 Å². The molecule has 0 unspecified atom stereocenters. The molecular formula is C27H22BrF3N2O3. The minimum Gasteiger partial charge on any atom is -0.406 e. The minimum absolute atomic E-state index is 0.167. The van der Waals surface area contributed by atoms with Gasteiger partial charge in [0.25, 0.3) is 0 Å². The average molecular weight is 559 g/mol. The second-order valence-corrected chi connectivity index (χ2v) is 9.44. The molecule has 1 fully saturated rings. The van der Waals surface area contributed by atoms with E-state index < -0.39 is 6.36 Å². The number of rotatable bonds is 8. The van der Waals surface area contributed by atoms with Crippen LogP contribution in [0.3, 0.4) is 0 Å². The largest absolute Gasteiger partial charge is 0.573 e. The topological polar surface area (TPSA) is 54.8 Å². The van der Waals surface area contributed by atoms with E-state index in [-0.39, 0.29) is 18.9 Å². The van der Waals surface area contributed by atoms with Crippen LogP contribution in [0.2, 0.25) is 0 Å². The fourth-order valence-corrected chi connectivity index (χ4v) is 4.49. The predicted octanol–water partition coefficient (Wildman–Crippen LogP) is 7.27. The zero-order chi connectivity index (χ0) is 25.3. The number of benzene rings is 3. The van der Waals surface area contributed by atoms with E-state index >= 15 is 0 Å². The summed E-state index contributed by atoms with van der Waals surface area (Å²) in [6.07, 6.45) is -0.856. The monoisotopic (exact) mass is 558 g/mol. The van der Waals surface area contributed by atoms with Gasteiger partial charge >= 0.3 is 6.36 Å². The summed E-state index contributed by atoms with van der Waals surface area (Å²) in [4.78, 5) is 11.1. The Kier molecular flexibility index (Phi) is 6.77. The third kappa shape index (κ3) is 5.57. The Morgan fingerprint density at radius 1 is 1.00 bits per heavy atom. The zero-order valence-corrected chi connectivity index (χ0v) is 20.6. The Morgan fingerprint density at radius 3 is 2.42 bits per heavy atom. The number of hydroxylamine groups is 1. The van der Waals surface area contributed by atoms with Gasteiger partial charge in [0, 0.05) is 21.6 Å². The third-order valence-corrected chi connectivity index (χ3v) is 6.70. The van der Waals surface area contributed by atoms with E-state index in [1.54, 1.807) is 41.6 Å². The van der Waals surface area contributed by atoms with Gasteiger partial charge in [0.15, 0.2) is 11.6 Å². The number of nitrogens with zero attached hydrogens (tertiary/aromatic N) is 2. The molecule has 1 aliphatic carbocycles. The highest BCUT2D eigenvalue weighted by Crippen LogP contribution is 2.47. The summed E-state index contributed by atoms with van der Waals surface area (Å²) in [5, 5.41) is 13.5. The number of hydrogen-bond acceptors (Lipinski definition) is 5. The quantitative estimate of drug-likeness (QED) is 0.230. The first kappa shape index (κ1) is 24.4. The standard InChI is InChI=1S/C27H22BrF3N2O3/c28-24-12-11-22(13-20(24)16-34)36-33(15-17-5-9-21(10-6-17)35-27(29,30)31)26-25(18-7-8-18)23-4-2-1-3-19(23)14-32-26/h1-6,9-14,18,34H,7-8,15-16H2. The van der Waals surface area contributed by atoms with Crippen LogP contribution in [0.1, 0.15) is 35.4 Å². The molecule has 1 heterocycles. The molecule has 0 aliphatic heterocycles. The maximum atomic E-state index is 12.6. The van der Waals surface area contributed by atoms with Crippen LogP contribution in [0.15, 0.2) is 77.4 Å². The van der Waals surface area contributed by atoms with E-state index in [2.05, 4.69) is 26.7 Å². The minimum atomic E-state index is -4.75. The Bertz CT molecular complexity index is 1380. The number of aliphatic hydroxyl groups excluding tert-OH is 1. The molecule has 1 saturated carbocycles. The normalized spacial score (nSPS) is 13.6. The number of ether oxygens (including phenoxy) is 1. The lowest BCUT2D eigenvalue weighted by Crippen LogP contribution is -2.29. The smallest absolute Gasteiger partial charge is 0.406 e. The molecule has 5 nitrogen and oxygen atoms in total. The average Bonchev–Trinajstić information content (AvgIpc) is 3.69. The maximum Gasteiger partial charge on any atom is 0.573 e. The fourth-order valence-electron chi connectivity index (χ4n) is 4.12. The molecule has 0 saturated heterocycles. The summed E-state index contributed by atoms with van der Waals surface area (Å²) in [7, 11) is 0. The lowest BCUT2D eigenvalue weighted by atomic mass is 10.0. The van der Waals surface area contributed by atoms with Crippen LogP contribution in [-0.4, -0.2) is 16.5 Å². The molecule has 0 atom stereocenters. The van der Waals surface area contributed by atoms with Crippen molar-refractivity contribution in [2.24, 2.45) is 0 Å². The number of alkyl halides is 3. The molecule has 4 aromatic rings. The van der Waals surface area contributed by atoms with Gasteiger partial charge < -0.3 is 14.7 Å². The van der Waals surface area contributed by atoms with Gasteiger partial charge in [-0.2, -0.15) is 5.06 Å². The summed E-state index contributed by atoms with van der Waals surface area (Å²) >= 11 is 3.42. The summed E-state index contributed by atoms with van der Waals surface area (Å²) in [6.45, 7) is 0.0574. The molecule has 1 N–H and O–H groups in total. The predicted molar refractivity (Wildman–Crippen MR) is 134 cm³/mol. The number of aromatic nitrogens is 1. The van der Waals surface area contributed by atoms with Gasteiger partial charge in [-0.3, -0.25) is 0 Å². The number of anilines is 1. The third-order valence-electron chi connectivity index (χ3n) is 5.93.